The Balaban J connectivity index is 1.51. The summed E-state index contributed by atoms with van der Waals surface area (Å²) in [6, 6.07) is 15.5. The SMILES string of the molecule is O=S(=O)(CCN1CC[C@@H](O)C1)N(Cc1ccc(-c2nnc(C(F)F)o2)cc1)c1ccccc1. The minimum atomic E-state index is -3.66. The molecule has 1 aliphatic heterocycles. The predicted molar refractivity (Wildman–Crippen MR) is 118 cm³/mol. The van der Waals surface area contributed by atoms with Gasteiger partial charge in [0.25, 0.3) is 5.89 Å². The molecule has 0 radical (unpaired) electrons. The maximum atomic E-state index is 13.3. The summed E-state index contributed by atoms with van der Waals surface area (Å²) in [5, 5.41) is 16.6. The molecule has 1 atom stereocenters. The van der Waals surface area contributed by atoms with Gasteiger partial charge in [-0.05, 0) is 36.2 Å². The summed E-state index contributed by atoms with van der Waals surface area (Å²) in [5.74, 6) is -0.858. The average molecular weight is 479 g/mol. The number of sulfonamides is 1. The van der Waals surface area contributed by atoms with Gasteiger partial charge in [-0.3, -0.25) is 9.21 Å². The highest BCUT2D eigenvalue weighted by Gasteiger charge is 2.26. The molecule has 0 aliphatic carbocycles. The highest BCUT2D eigenvalue weighted by atomic mass is 32.2. The Morgan fingerprint density at radius 1 is 1.12 bits per heavy atom. The third-order valence-electron chi connectivity index (χ3n) is 5.45. The highest BCUT2D eigenvalue weighted by Crippen LogP contribution is 2.25. The van der Waals surface area contributed by atoms with Crippen molar-refractivity contribution >= 4 is 15.7 Å². The summed E-state index contributed by atoms with van der Waals surface area (Å²) in [4.78, 5) is 1.94. The van der Waals surface area contributed by atoms with Crippen molar-refractivity contribution in [1.29, 1.82) is 0 Å². The van der Waals surface area contributed by atoms with E-state index < -0.39 is 28.4 Å². The first-order chi connectivity index (χ1) is 15.8. The molecule has 176 valence electrons. The third kappa shape index (κ3) is 5.73. The number of aromatic nitrogens is 2. The fourth-order valence-electron chi connectivity index (χ4n) is 3.67. The summed E-state index contributed by atoms with van der Waals surface area (Å²) >= 11 is 0. The first kappa shape index (κ1) is 23.3. The fourth-order valence-corrected chi connectivity index (χ4v) is 5.17. The van der Waals surface area contributed by atoms with Gasteiger partial charge in [-0.25, -0.2) is 8.42 Å². The van der Waals surface area contributed by atoms with Crippen LogP contribution in [0.2, 0.25) is 0 Å². The number of anilines is 1. The number of aliphatic hydroxyl groups is 1. The Morgan fingerprint density at radius 2 is 1.85 bits per heavy atom. The smallest absolute Gasteiger partial charge is 0.314 e. The van der Waals surface area contributed by atoms with E-state index in [4.69, 9.17) is 4.42 Å². The number of hydrogen-bond acceptors (Lipinski definition) is 7. The summed E-state index contributed by atoms with van der Waals surface area (Å²) in [7, 11) is -3.66. The molecule has 11 heteroatoms. The zero-order chi connectivity index (χ0) is 23.4. The standard InChI is InChI=1S/C22H24F2N4O4S/c23-20(24)22-26-25-21(32-22)17-8-6-16(7-9-17)14-28(18-4-2-1-3-5-18)33(30,31)13-12-27-11-10-19(29)15-27/h1-9,19-20,29H,10-15H2/t19-/m1/s1. The van der Waals surface area contributed by atoms with Gasteiger partial charge in [0.2, 0.25) is 15.9 Å². The van der Waals surface area contributed by atoms with Crippen LogP contribution in [-0.2, 0) is 16.6 Å². The second kappa shape index (κ2) is 9.94. The van der Waals surface area contributed by atoms with E-state index in [1.54, 1.807) is 48.5 Å². The molecule has 2 aromatic carbocycles. The Hall–Kier alpha value is -2.89. The lowest BCUT2D eigenvalue weighted by Gasteiger charge is -2.26. The first-order valence-corrected chi connectivity index (χ1v) is 12.1. The third-order valence-corrected chi connectivity index (χ3v) is 7.16. The molecule has 2 heterocycles. The summed E-state index contributed by atoms with van der Waals surface area (Å²) in [6.07, 6.45) is -2.61. The zero-order valence-corrected chi connectivity index (χ0v) is 18.5. The number of aliphatic hydroxyl groups excluding tert-OH is 1. The summed E-state index contributed by atoms with van der Waals surface area (Å²) < 4.78 is 58.2. The largest absolute Gasteiger partial charge is 0.415 e. The molecule has 0 bridgehead atoms. The molecule has 1 aromatic heterocycles. The van der Waals surface area contributed by atoms with Crippen molar-refractivity contribution < 1.29 is 26.7 Å². The van der Waals surface area contributed by atoms with Crippen molar-refractivity contribution in [2.75, 3.05) is 29.7 Å². The molecule has 0 amide bonds. The van der Waals surface area contributed by atoms with Gasteiger partial charge in [-0.15, -0.1) is 10.2 Å². The molecule has 3 aromatic rings. The van der Waals surface area contributed by atoms with Crippen LogP contribution >= 0.6 is 0 Å². The maximum Gasteiger partial charge on any atom is 0.314 e. The van der Waals surface area contributed by atoms with Gasteiger partial charge < -0.3 is 9.52 Å². The number of alkyl halides is 2. The first-order valence-electron chi connectivity index (χ1n) is 10.5. The normalized spacial score (nSPS) is 17.0. The molecule has 1 N–H and O–H groups in total. The maximum absolute atomic E-state index is 13.3. The van der Waals surface area contributed by atoms with Crippen LogP contribution in [0, 0.1) is 0 Å². The Labute approximate surface area is 190 Å². The number of rotatable bonds is 9. The number of β-amino-alcohol motifs (C(OH)–C–C–N with tert-alkyl or cyclic N) is 1. The number of hydrogen-bond donors (Lipinski definition) is 1. The second-order valence-corrected chi connectivity index (χ2v) is 9.86. The minimum absolute atomic E-state index is 0.0304. The molecular formula is C22H24F2N4O4S. The van der Waals surface area contributed by atoms with Crippen molar-refractivity contribution in [3.63, 3.8) is 0 Å². The molecule has 1 saturated heterocycles. The minimum Gasteiger partial charge on any atom is -0.415 e. The van der Waals surface area contributed by atoms with E-state index in [1.165, 1.54) is 4.31 Å². The molecule has 0 saturated carbocycles. The number of para-hydroxylation sites is 1. The van der Waals surface area contributed by atoms with E-state index in [0.29, 0.717) is 42.9 Å². The molecule has 1 aliphatic rings. The van der Waals surface area contributed by atoms with Gasteiger partial charge in [0.05, 0.1) is 24.1 Å². The lowest BCUT2D eigenvalue weighted by atomic mass is 10.1. The van der Waals surface area contributed by atoms with Crippen molar-refractivity contribution in [3.05, 3.63) is 66.1 Å². The van der Waals surface area contributed by atoms with Crippen LogP contribution in [0.1, 0.15) is 24.3 Å². The predicted octanol–water partition coefficient (Wildman–Crippen LogP) is 3.08. The van der Waals surface area contributed by atoms with Crippen LogP contribution in [-0.4, -0.2) is 60.1 Å². The van der Waals surface area contributed by atoms with Crippen molar-refractivity contribution in [3.8, 4) is 11.5 Å². The average Bonchev–Trinajstić information content (AvgIpc) is 3.46. The van der Waals surface area contributed by atoms with Crippen molar-refractivity contribution in [2.45, 2.75) is 25.5 Å². The van der Waals surface area contributed by atoms with Crippen LogP contribution < -0.4 is 4.31 Å². The summed E-state index contributed by atoms with van der Waals surface area (Å²) in [6.45, 7) is 1.59. The molecule has 4 rings (SSSR count). The van der Waals surface area contributed by atoms with Crippen LogP contribution in [0.3, 0.4) is 0 Å². The van der Waals surface area contributed by atoms with Gasteiger partial charge in [0.1, 0.15) is 0 Å². The van der Waals surface area contributed by atoms with Gasteiger partial charge in [-0.2, -0.15) is 8.78 Å². The van der Waals surface area contributed by atoms with Crippen LogP contribution in [0.5, 0.6) is 0 Å². The van der Waals surface area contributed by atoms with E-state index >= 15 is 0 Å². The number of benzene rings is 2. The quantitative estimate of drug-likeness (QED) is 0.505. The lowest BCUT2D eigenvalue weighted by Crippen LogP contribution is -2.37. The Morgan fingerprint density at radius 3 is 2.45 bits per heavy atom. The molecule has 0 unspecified atom stereocenters. The van der Waals surface area contributed by atoms with E-state index in [2.05, 4.69) is 10.2 Å². The molecule has 0 spiro atoms. The van der Waals surface area contributed by atoms with E-state index in [-0.39, 0.29) is 18.2 Å². The lowest BCUT2D eigenvalue weighted by molar-refractivity contribution is 0.116. The van der Waals surface area contributed by atoms with Gasteiger partial charge >= 0.3 is 6.43 Å². The van der Waals surface area contributed by atoms with Gasteiger partial charge in [0.15, 0.2) is 0 Å². The molecule has 1 fully saturated rings. The van der Waals surface area contributed by atoms with E-state index in [9.17, 15) is 22.3 Å². The van der Waals surface area contributed by atoms with Gasteiger partial charge in [-0.1, -0.05) is 30.3 Å². The van der Waals surface area contributed by atoms with Crippen LogP contribution in [0.4, 0.5) is 14.5 Å². The fraction of sp³-hybridized carbons (Fsp3) is 0.364. The zero-order valence-electron chi connectivity index (χ0n) is 17.7. The van der Waals surface area contributed by atoms with E-state index in [0.717, 1.165) is 0 Å². The second-order valence-electron chi connectivity index (χ2n) is 7.84. The Bertz CT molecular complexity index is 1160. The Kier molecular flexibility index (Phi) is 7.01. The molecule has 8 nitrogen and oxygen atoms in total. The molecular weight excluding hydrogens is 454 g/mol. The monoisotopic (exact) mass is 478 g/mol. The van der Waals surface area contributed by atoms with Gasteiger partial charge in [0, 0.05) is 25.2 Å². The van der Waals surface area contributed by atoms with Crippen molar-refractivity contribution in [1.82, 2.24) is 15.1 Å². The number of halogens is 2. The van der Waals surface area contributed by atoms with E-state index in [1.807, 2.05) is 11.0 Å². The number of likely N-dealkylation sites (tertiary alicyclic amines) is 1. The van der Waals surface area contributed by atoms with Crippen molar-refractivity contribution in [2.24, 2.45) is 0 Å². The van der Waals surface area contributed by atoms with Crippen LogP contribution in [0.25, 0.3) is 11.5 Å². The topological polar surface area (TPSA) is 99.8 Å². The highest BCUT2D eigenvalue weighted by molar-refractivity contribution is 7.92. The summed E-state index contributed by atoms with van der Waals surface area (Å²) in [5.41, 5.74) is 1.71. The molecule has 33 heavy (non-hydrogen) atoms. The number of nitrogens with zero attached hydrogens (tertiary/aromatic N) is 4. The van der Waals surface area contributed by atoms with Crippen LogP contribution in [0.15, 0.2) is 59.0 Å².